The Bertz CT molecular complexity index is 1310. The Kier molecular flexibility index (Phi) is 11.6. The highest BCUT2D eigenvalue weighted by Crippen LogP contribution is 2.24. The van der Waals surface area contributed by atoms with E-state index in [-0.39, 0.29) is 5.69 Å². The van der Waals surface area contributed by atoms with Crippen molar-refractivity contribution in [1.82, 2.24) is 15.0 Å². The lowest BCUT2D eigenvalue weighted by atomic mass is 10.2. The number of anilines is 3. The molecule has 1 amide bonds. The molecule has 11 nitrogen and oxygen atoms in total. The number of carbonyl (C=O) groups excluding carboxylic acids is 1. The minimum absolute atomic E-state index is 0.0841. The molecule has 0 saturated carbocycles. The van der Waals surface area contributed by atoms with E-state index in [0.29, 0.717) is 40.3 Å². The Morgan fingerprint density at radius 1 is 0.868 bits per heavy atom. The molecule has 0 aliphatic heterocycles. The van der Waals surface area contributed by atoms with E-state index >= 15 is 0 Å². The Balaban J connectivity index is 0.00000121. The second-order valence-corrected chi connectivity index (χ2v) is 6.84. The van der Waals surface area contributed by atoms with Crippen LogP contribution in [0.3, 0.4) is 0 Å². The van der Waals surface area contributed by atoms with Gasteiger partial charge in [-0.1, -0.05) is 33.8 Å². The molecular formula is C27H30N6O5. The fraction of sp³-hybridized carbons (Fsp3) is 0.185. The summed E-state index contributed by atoms with van der Waals surface area (Å²) in [6.45, 7) is 8.00. The van der Waals surface area contributed by atoms with Gasteiger partial charge in [-0.15, -0.1) is 0 Å². The molecule has 2 aromatic heterocycles. The summed E-state index contributed by atoms with van der Waals surface area (Å²) in [5.41, 5.74) is 1.41. The van der Waals surface area contributed by atoms with Gasteiger partial charge in [0, 0.05) is 41.2 Å². The first-order valence-electron chi connectivity index (χ1n) is 11.9. The van der Waals surface area contributed by atoms with E-state index in [4.69, 9.17) is 9.47 Å². The quantitative estimate of drug-likeness (QED) is 0.194. The first-order chi connectivity index (χ1) is 18.5. The van der Waals surface area contributed by atoms with Crippen LogP contribution in [0.4, 0.5) is 22.9 Å². The number of hydrogen-bond donors (Lipinski definition) is 2. The molecule has 0 spiro atoms. The lowest BCUT2D eigenvalue weighted by Gasteiger charge is -2.10. The molecule has 0 aliphatic rings. The maximum absolute atomic E-state index is 12.5. The second-order valence-electron chi connectivity index (χ2n) is 6.84. The number of aromatic nitrogens is 3. The fourth-order valence-corrected chi connectivity index (χ4v) is 2.89. The maximum Gasteiger partial charge on any atom is 0.269 e. The van der Waals surface area contributed by atoms with Crippen LogP contribution >= 0.6 is 0 Å². The van der Waals surface area contributed by atoms with Crippen molar-refractivity contribution in [2.45, 2.75) is 27.7 Å². The summed E-state index contributed by atoms with van der Waals surface area (Å²) in [6, 6.07) is 17.4. The average Bonchev–Trinajstić information content (AvgIpc) is 2.96. The number of rotatable bonds is 8. The predicted octanol–water partition coefficient (Wildman–Crippen LogP) is 6.63. The summed E-state index contributed by atoms with van der Waals surface area (Å²) in [7, 11) is 1.53. The molecule has 0 bridgehead atoms. The van der Waals surface area contributed by atoms with Gasteiger partial charge in [-0.3, -0.25) is 14.9 Å². The van der Waals surface area contributed by atoms with Crippen molar-refractivity contribution in [1.29, 1.82) is 0 Å². The minimum Gasteiger partial charge on any atom is -0.481 e. The molecule has 2 N–H and O–H groups in total. The van der Waals surface area contributed by atoms with Gasteiger partial charge in [-0.2, -0.15) is 0 Å². The Labute approximate surface area is 221 Å². The molecule has 2 aromatic carbocycles. The van der Waals surface area contributed by atoms with E-state index in [0.717, 1.165) is 0 Å². The van der Waals surface area contributed by atoms with Gasteiger partial charge in [0.05, 0.1) is 18.2 Å². The Morgan fingerprint density at radius 2 is 1.58 bits per heavy atom. The number of nitrogens with one attached hydrogen (secondary N) is 2. The molecule has 4 aromatic rings. The van der Waals surface area contributed by atoms with Gasteiger partial charge in [-0.05, 0) is 36.4 Å². The zero-order valence-corrected chi connectivity index (χ0v) is 21.8. The number of nitrogens with zero attached hydrogens (tertiary/aromatic N) is 4. The van der Waals surface area contributed by atoms with Gasteiger partial charge >= 0.3 is 0 Å². The number of hydrogen-bond acceptors (Lipinski definition) is 9. The molecule has 0 atom stereocenters. The molecule has 2 heterocycles. The van der Waals surface area contributed by atoms with Gasteiger partial charge in [0.15, 0.2) is 0 Å². The highest BCUT2D eigenvalue weighted by atomic mass is 16.6. The van der Waals surface area contributed by atoms with Crippen LogP contribution in [-0.4, -0.2) is 32.9 Å². The van der Waals surface area contributed by atoms with Gasteiger partial charge in [0.1, 0.15) is 17.9 Å². The van der Waals surface area contributed by atoms with E-state index in [1.165, 1.54) is 43.9 Å². The third-order valence-electron chi connectivity index (χ3n) is 4.52. The van der Waals surface area contributed by atoms with Crippen molar-refractivity contribution in [2.75, 3.05) is 17.7 Å². The van der Waals surface area contributed by atoms with Crippen molar-refractivity contribution < 1.29 is 19.2 Å². The van der Waals surface area contributed by atoms with Crippen LogP contribution in [0, 0.1) is 10.1 Å². The molecule has 198 valence electrons. The number of nitro benzene ring substituents is 1. The van der Waals surface area contributed by atoms with E-state index in [1.54, 1.807) is 42.5 Å². The lowest BCUT2D eigenvalue weighted by Crippen LogP contribution is -2.11. The van der Waals surface area contributed by atoms with Gasteiger partial charge in [0.25, 0.3) is 11.6 Å². The highest BCUT2D eigenvalue weighted by molar-refractivity contribution is 6.04. The van der Waals surface area contributed by atoms with Crippen LogP contribution in [0.15, 0.2) is 79.3 Å². The molecule has 0 aliphatic carbocycles. The zero-order chi connectivity index (χ0) is 27.9. The summed E-state index contributed by atoms with van der Waals surface area (Å²) < 4.78 is 10.7. The molecule has 0 unspecified atom stereocenters. The molecule has 4 rings (SSSR count). The number of pyridine rings is 1. The highest BCUT2D eigenvalue weighted by Gasteiger charge is 2.10. The number of amides is 1. The number of non-ortho nitro benzene ring substituents is 1. The number of methoxy groups -OCH3 is 1. The van der Waals surface area contributed by atoms with E-state index < -0.39 is 10.8 Å². The van der Waals surface area contributed by atoms with Gasteiger partial charge < -0.3 is 20.1 Å². The first-order valence-corrected chi connectivity index (χ1v) is 11.9. The maximum atomic E-state index is 12.5. The lowest BCUT2D eigenvalue weighted by molar-refractivity contribution is -0.384. The topological polar surface area (TPSA) is 141 Å². The van der Waals surface area contributed by atoms with Crippen LogP contribution in [0.1, 0.15) is 38.1 Å². The smallest absolute Gasteiger partial charge is 0.269 e. The normalized spacial score (nSPS) is 9.50. The summed E-state index contributed by atoms with van der Waals surface area (Å²) in [6.07, 6.45) is 2.87. The summed E-state index contributed by atoms with van der Waals surface area (Å²) in [4.78, 5) is 35.1. The number of ether oxygens (including phenoxy) is 2. The average molecular weight is 519 g/mol. The van der Waals surface area contributed by atoms with Crippen molar-refractivity contribution in [3.63, 3.8) is 0 Å². The van der Waals surface area contributed by atoms with Crippen LogP contribution in [0.2, 0.25) is 0 Å². The van der Waals surface area contributed by atoms with E-state index in [1.807, 2.05) is 27.7 Å². The first kappa shape index (κ1) is 29.2. The van der Waals surface area contributed by atoms with E-state index in [2.05, 4.69) is 25.6 Å². The number of carbonyl (C=O) groups is 1. The Hall–Kier alpha value is -5.06. The minimum atomic E-state index is -0.520. The second kappa shape index (κ2) is 15.1. The van der Waals surface area contributed by atoms with Crippen LogP contribution in [0.25, 0.3) is 0 Å². The zero-order valence-electron chi connectivity index (χ0n) is 21.8. The van der Waals surface area contributed by atoms with Crippen molar-refractivity contribution in [3.05, 3.63) is 94.9 Å². The fourth-order valence-electron chi connectivity index (χ4n) is 2.89. The molecule has 0 radical (unpaired) electrons. The van der Waals surface area contributed by atoms with Crippen molar-refractivity contribution >= 4 is 28.8 Å². The molecule has 38 heavy (non-hydrogen) atoms. The summed E-state index contributed by atoms with van der Waals surface area (Å²) in [5, 5.41) is 16.7. The predicted molar refractivity (Wildman–Crippen MR) is 146 cm³/mol. The third kappa shape index (κ3) is 8.55. The number of benzene rings is 2. The standard InChI is InChI=1S/C23H18N6O5.2C2H6/c1-33-21-10-9-19(13-24-21)34-22-12-20(25-14-26-22)27-16-3-2-4-17(11-16)28-23(30)15-5-7-18(8-6-15)29(31)32;2*1-2/h2-14H,1H3,(H,28,30)(H,25,26,27);2*1-2H3. The molecular weight excluding hydrogens is 488 g/mol. The van der Waals surface area contributed by atoms with Gasteiger partial charge in [-0.25, -0.2) is 15.0 Å². The van der Waals surface area contributed by atoms with E-state index in [9.17, 15) is 14.9 Å². The SMILES string of the molecule is CC.CC.COc1ccc(Oc2cc(Nc3cccc(NC(=O)c4ccc([N+](=O)[O-])cc4)c3)ncn2)cn1. The Morgan fingerprint density at radius 3 is 2.21 bits per heavy atom. The third-order valence-corrected chi connectivity index (χ3v) is 4.52. The number of nitro groups is 1. The summed E-state index contributed by atoms with van der Waals surface area (Å²) >= 11 is 0. The van der Waals surface area contributed by atoms with Crippen LogP contribution < -0.4 is 20.1 Å². The summed E-state index contributed by atoms with van der Waals surface area (Å²) in [5.74, 6) is 1.36. The van der Waals surface area contributed by atoms with Crippen LogP contribution in [0.5, 0.6) is 17.5 Å². The van der Waals surface area contributed by atoms with Gasteiger partial charge in [0.2, 0.25) is 11.8 Å². The largest absolute Gasteiger partial charge is 0.481 e. The molecule has 0 saturated heterocycles. The van der Waals surface area contributed by atoms with Crippen molar-refractivity contribution in [3.8, 4) is 17.5 Å². The monoisotopic (exact) mass is 518 g/mol. The van der Waals surface area contributed by atoms with Crippen LogP contribution in [-0.2, 0) is 0 Å². The van der Waals surface area contributed by atoms with Crippen molar-refractivity contribution in [2.24, 2.45) is 0 Å². The molecule has 0 fully saturated rings. The molecule has 11 heteroatoms.